The Kier molecular flexibility index (Phi) is 5.81. The first kappa shape index (κ1) is 20.1. The summed E-state index contributed by atoms with van der Waals surface area (Å²) in [5.74, 6) is -0.200. The molecule has 0 saturated carbocycles. The Morgan fingerprint density at radius 3 is 2.57 bits per heavy atom. The van der Waals surface area contributed by atoms with Crippen molar-refractivity contribution in [3.63, 3.8) is 0 Å². The summed E-state index contributed by atoms with van der Waals surface area (Å²) < 4.78 is 2.58. The quantitative estimate of drug-likeness (QED) is 0.611. The molecule has 1 aliphatic heterocycles. The van der Waals surface area contributed by atoms with Gasteiger partial charge in [-0.3, -0.25) is 18.7 Å². The topological polar surface area (TPSA) is 77.5 Å². The number of hydrogen-bond donors (Lipinski definition) is 2. The van der Waals surface area contributed by atoms with Crippen molar-refractivity contribution in [2.45, 2.75) is 39.0 Å². The highest BCUT2D eigenvalue weighted by atomic mass is 16.2. The Labute approximate surface area is 174 Å². The van der Waals surface area contributed by atoms with Gasteiger partial charge in [0.15, 0.2) is 0 Å². The highest BCUT2D eigenvalue weighted by Crippen LogP contribution is 2.07. The molecular weight excluding hydrogens is 380 g/mol. The number of rotatable bonds is 6. The molecule has 0 spiro atoms. The molecule has 0 aliphatic carbocycles. The van der Waals surface area contributed by atoms with Gasteiger partial charge in [0.25, 0.3) is 5.56 Å². The average Bonchev–Trinajstić information content (AvgIpc) is 3.19. The van der Waals surface area contributed by atoms with E-state index in [9.17, 15) is 14.4 Å². The van der Waals surface area contributed by atoms with Gasteiger partial charge in [-0.15, -0.1) is 0 Å². The minimum atomic E-state index is -0.445. The molecule has 1 aromatic heterocycles. The monoisotopic (exact) mass is 407 g/mol. The molecular formula is C23H27N4O3+. The zero-order valence-electron chi connectivity index (χ0n) is 17.1. The zero-order chi connectivity index (χ0) is 21.1. The fraction of sp³-hybridized carbons (Fsp3) is 0.348. The summed E-state index contributed by atoms with van der Waals surface area (Å²) in [6.45, 7) is 4.74. The number of quaternary nitrogens is 1. The van der Waals surface area contributed by atoms with Gasteiger partial charge in [0.05, 0.1) is 30.0 Å². The van der Waals surface area contributed by atoms with Crippen molar-refractivity contribution in [2.24, 2.45) is 0 Å². The molecule has 0 bridgehead atoms. The predicted molar refractivity (Wildman–Crippen MR) is 116 cm³/mol. The number of amides is 1. The smallest absolute Gasteiger partial charge is 0.331 e. The van der Waals surface area contributed by atoms with E-state index < -0.39 is 5.69 Å². The molecule has 2 atom stereocenters. The van der Waals surface area contributed by atoms with Gasteiger partial charge in [-0.1, -0.05) is 42.5 Å². The second kappa shape index (κ2) is 8.67. The van der Waals surface area contributed by atoms with Crippen LogP contribution in [-0.4, -0.2) is 34.2 Å². The Bertz CT molecular complexity index is 1170. The van der Waals surface area contributed by atoms with Crippen molar-refractivity contribution in [3.05, 3.63) is 81.0 Å². The molecule has 4 rings (SSSR count). The highest BCUT2D eigenvalue weighted by Gasteiger charge is 2.27. The molecule has 1 aliphatic rings. The predicted octanol–water partition coefficient (Wildman–Crippen LogP) is 0.157. The third-order valence-electron chi connectivity index (χ3n) is 5.79. The van der Waals surface area contributed by atoms with E-state index in [1.807, 2.05) is 18.2 Å². The Hall–Kier alpha value is -3.19. The molecule has 1 saturated heterocycles. The van der Waals surface area contributed by atoms with Crippen LogP contribution in [0.15, 0.2) is 64.2 Å². The summed E-state index contributed by atoms with van der Waals surface area (Å²) in [4.78, 5) is 39.5. The maximum absolute atomic E-state index is 12.8. The van der Waals surface area contributed by atoms with E-state index >= 15 is 0 Å². The first-order valence-corrected chi connectivity index (χ1v) is 10.5. The van der Waals surface area contributed by atoms with Gasteiger partial charge in [0.1, 0.15) is 13.1 Å². The lowest BCUT2D eigenvalue weighted by molar-refractivity contribution is -0.901. The van der Waals surface area contributed by atoms with Crippen LogP contribution in [0.3, 0.4) is 0 Å². The number of nitrogens with zero attached hydrogens (tertiary/aromatic N) is 2. The number of para-hydroxylation sites is 1. The van der Waals surface area contributed by atoms with E-state index in [0.717, 1.165) is 26.1 Å². The fourth-order valence-corrected chi connectivity index (χ4v) is 4.32. The van der Waals surface area contributed by atoms with Crippen LogP contribution in [0.25, 0.3) is 10.9 Å². The van der Waals surface area contributed by atoms with Crippen LogP contribution in [0, 0.1) is 0 Å². The Balaban J connectivity index is 1.47. The van der Waals surface area contributed by atoms with Gasteiger partial charge in [0, 0.05) is 18.5 Å². The minimum Gasteiger partial charge on any atom is -0.346 e. The molecule has 3 aromatic rings. The fourth-order valence-electron chi connectivity index (χ4n) is 4.32. The first-order valence-electron chi connectivity index (χ1n) is 10.5. The molecule has 0 radical (unpaired) electrons. The van der Waals surface area contributed by atoms with Gasteiger partial charge in [-0.2, -0.15) is 0 Å². The molecule has 2 N–H and O–H groups in total. The number of fused-ring (bicyclic) bond motifs is 1. The van der Waals surface area contributed by atoms with E-state index in [4.69, 9.17) is 0 Å². The minimum absolute atomic E-state index is 0.0928. The van der Waals surface area contributed by atoms with E-state index in [2.05, 4.69) is 17.4 Å². The molecule has 7 nitrogen and oxygen atoms in total. The molecule has 1 unspecified atom stereocenters. The largest absolute Gasteiger partial charge is 0.346 e. The second-order valence-corrected chi connectivity index (χ2v) is 7.85. The van der Waals surface area contributed by atoms with Crippen LogP contribution in [0.5, 0.6) is 0 Å². The lowest BCUT2D eigenvalue weighted by atomic mass is 10.2. The highest BCUT2D eigenvalue weighted by molar-refractivity contribution is 5.81. The van der Waals surface area contributed by atoms with Crippen LogP contribution in [0.1, 0.15) is 18.9 Å². The maximum atomic E-state index is 12.8. The summed E-state index contributed by atoms with van der Waals surface area (Å²) in [5.41, 5.74) is 1.03. The van der Waals surface area contributed by atoms with Gasteiger partial charge in [-0.25, -0.2) is 4.79 Å². The van der Waals surface area contributed by atoms with Crippen LogP contribution in [-0.2, 0) is 24.4 Å². The van der Waals surface area contributed by atoms with Crippen LogP contribution in [0.4, 0.5) is 0 Å². The van der Waals surface area contributed by atoms with E-state index in [1.165, 1.54) is 19.6 Å². The van der Waals surface area contributed by atoms with Crippen molar-refractivity contribution in [1.82, 2.24) is 14.5 Å². The summed E-state index contributed by atoms with van der Waals surface area (Å²) >= 11 is 0. The number of carbonyl (C=O) groups excluding carboxylic acids is 1. The Morgan fingerprint density at radius 1 is 1.07 bits per heavy atom. The van der Waals surface area contributed by atoms with Crippen molar-refractivity contribution < 1.29 is 9.69 Å². The lowest BCUT2D eigenvalue weighted by Crippen LogP contribution is -3.09. The maximum Gasteiger partial charge on any atom is 0.331 e. The lowest BCUT2D eigenvalue weighted by Gasteiger charge is -2.16. The molecule has 30 heavy (non-hydrogen) atoms. The molecule has 7 heteroatoms. The molecule has 1 amide bonds. The SMILES string of the molecule is CCn1c(=O)c2ccccc2n(CC(=O)N[C@H]2CC[NH+](Cc3ccccc3)C2)c1=O. The third-order valence-corrected chi connectivity index (χ3v) is 5.79. The standard InChI is InChI=1S/C23H26N4O3/c1-2-26-22(29)19-10-6-7-11-20(19)27(23(26)30)16-21(28)24-18-12-13-25(15-18)14-17-8-4-3-5-9-17/h3-11,18H,2,12-16H2,1H3,(H,24,28)/p+1/t18-/m0/s1. The average molecular weight is 407 g/mol. The number of benzene rings is 2. The third kappa shape index (κ3) is 4.07. The molecule has 2 aromatic carbocycles. The van der Waals surface area contributed by atoms with E-state index in [1.54, 1.807) is 31.2 Å². The van der Waals surface area contributed by atoms with E-state index in [-0.39, 0.29) is 30.6 Å². The number of aromatic nitrogens is 2. The summed E-state index contributed by atoms with van der Waals surface area (Å²) in [5, 5.41) is 3.53. The van der Waals surface area contributed by atoms with Gasteiger partial charge in [0.2, 0.25) is 5.91 Å². The first-order chi connectivity index (χ1) is 14.6. The molecule has 2 heterocycles. The summed E-state index contributed by atoms with van der Waals surface area (Å²) in [6.07, 6.45) is 0.915. The van der Waals surface area contributed by atoms with Gasteiger partial charge >= 0.3 is 5.69 Å². The van der Waals surface area contributed by atoms with Crippen molar-refractivity contribution in [2.75, 3.05) is 13.1 Å². The van der Waals surface area contributed by atoms with Gasteiger partial charge in [-0.05, 0) is 19.1 Å². The van der Waals surface area contributed by atoms with Crippen LogP contribution >= 0.6 is 0 Å². The van der Waals surface area contributed by atoms with Crippen molar-refractivity contribution >= 4 is 16.8 Å². The summed E-state index contributed by atoms with van der Waals surface area (Å²) in [6, 6.07) is 17.4. The number of likely N-dealkylation sites (tertiary alicyclic amines) is 1. The van der Waals surface area contributed by atoms with Crippen LogP contribution < -0.4 is 21.5 Å². The van der Waals surface area contributed by atoms with Gasteiger partial charge < -0.3 is 10.2 Å². The van der Waals surface area contributed by atoms with Crippen molar-refractivity contribution in [1.29, 1.82) is 0 Å². The zero-order valence-corrected chi connectivity index (χ0v) is 17.1. The number of nitrogens with one attached hydrogen (secondary N) is 2. The van der Waals surface area contributed by atoms with Crippen molar-refractivity contribution in [3.8, 4) is 0 Å². The normalized spacial score (nSPS) is 18.6. The molecule has 156 valence electrons. The van der Waals surface area contributed by atoms with E-state index in [0.29, 0.717) is 10.9 Å². The number of hydrogen-bond acceptors (Lipinski definition) is 3. The second-order valence-electron chi connectivity index (χ2n) is 7.85. The molecule has 1 fully saturated rings. The van der Waals surface area contributed by atoms with Crippen LogP contribution in [0.2, 0.25) is 0 Å². The summed E-state index contributed by atoms with van der Waals surface area (Å²) in [7, 11) is 0. The number of carbonyl (C=O) groups is 1. The Morgan fingerprint density at radius 2 is 1.80 bits per heavy atom.